The summed E-state index contributed by atoms with van der Waals surface area (Å²) in [4.78, 5) is 14.1. The maximum absolute atomic E-state index is 13.6. The van der Waals surface area contributed by atoms with E-state index in [0.717, 1.165) is 0 Å². The highest BCUT2D eigenvalue weighted by Gasteiger charge is 2.19. The lowest BCUT2D eigenvalue weighted by atomic mass is 10.2. The molecule has 4 nitrogen and oxygen atoms in total. The van der Waals surface area contributed by atoms with Crippen LogP contribution in [0.1, 0.15) is 5.76 Å². The van der Waals surface area contributed by atoms with E-state index in [9.17, 15) is 9.18 Å². The normalized spacial score (nSPS) is 10.5. The van der Waals surface area contributed by atoms with Crippen molar-refractivity contribution in [3.8, 4) is 5.75 Å². The number of hydrogen-bond donors (Lipinski definition) is 0. The molecule has 0 saturated carbocycles. The molecule has 3 aromatic rings. The molecule has 1 heterocycles. The van der Waals surface area contributed by atoms with E-state index in [1.165, 1.54) is 23.3 Å². The van der Waals surface area contributed by atoms with Crippen molar-refractivity contribution in [3.05, 3.63) is 83.5 Å². The molecular formula is C19H15ClFNO3. The molecule has 0 atom stereocenters. The average molecular weight is 360 g/mol. The van der Waals surface area contributed by atoms with Crippen LogP contribution in [0.3, 0.4) is 0 Å². The SMILES string of the molecule is O=C(COc1ccccc1F)N(Cc1ccco1)c1ccc(Cl)cc1. The van der Waals surface area contributed by atoms with Crippen molar-refractivity contribution in [3.63, 3.8) is 0 Å². The van der Waals surface area contributed by atoms with Crippen LogP contribution in [0.15, 0.2) is 71.3 Å². The van der Waals surface area contributed by atoms with Gasteiger partial charge in [-0.15, -0.1) is 0 Å². The molecule has 128 valence electrons. The Hall–Kier alpha value is -2.79. The highest BCUT2D eigenvalue weighted by molar-refractivity contribution is 6.30. The minimum absolute atomic E-state index is 0.0323. The molecule has 25 heavy (non-hydrogen) atoms. The van der Waals surface area contributed by atoms with Gasteiger partial charge in [0.2, 0.25) is 0 Å². The Labute approximate surface area is 149 Å². The lowest BCUT2D eigenvalue weighted by molar-refractivity contribution is -0.120. The summed E-state index contributed by atoms with van der Waals surface area (Å²) in [5.74, 6) is -0.194. The number of carbonyl (C=O) groups is 1. The van der Waals surface area contributed by atoms with Gasteiger partial charge in [-0.2, -0.15) is 0 Å². The van der Waals surface area contributed by atoms with Gasteiger partial charge in [0.15, 0.2) is 18.2 Å². The third kappa shape index (κ3) is 4.39. The standard InChI is InChI=1S/C19H15ClFNO3/c20-14-7-9-15(10-8-14)22(12-16-4-3-11-24-16)19(23)13-25-18-6-2-1-5-17(18)21/h1-11H,12-13H2. The predicted molar refractivity (Wildman–Crippen MR) is 93.2 cm³/mol. The van der Waals surface area contributed by atoms with Crippen LogP contribution in [0.2, 0.25) is 5.02 Å². The van der Waals surface area contributed by atoms with E-state index in [4.69, 9.17) is 20.8 Å². The molecule has 6 heteroatoms. The Kier molecular flexibility index (Phi) is 5.36. The van der Waals surface area contributed by atoms with Crippen LogP contribution in [0.25, 0.3) is 0 Å². The van der Waals surface area contributed by atoms with Gasteiger partial charge in [-0.25, -0.2) is 4.39 Å². The summed E-state index contributed by atoms with van der Waals surface area (Å²) in [6, 6.07) is 16.3. The second-order valence-electron chi connectivity index (χ2n) is 5.25. The van der Waals surface area contributed by atoms with Gasteiger partial charge in [0, 0.05) is 10.7 Å². The van der Waals surface area contributed by atoms with Gasteiger partial charge in [0.05, 0.1) is 12.8 Å². The van der Waals surface area contributed by atoms with Crippen molar-refractivity contribution in [2.24, 2.45) is 0 Å². The van der Waals surface area contributed by atoms with Gasteiger partial charge >= 0.3 is 0 Å². The first-order valence-electron chi connectivity index (χ1n) is 7.59. The molecule has 1 amide bonds. The Morgan fingerprint density at radius 2 is 1.84 bits per heavy atom. The number of para-hydroxylation sites is 1. The third-order valence-corrected chi connectivity index (χ3v) is 3.77. The van der Waals surface area contributed by atoms with Gasteiger partial charge < -0.3 is 14.1 Å². The minimum atomic E-state index is -0.514. The molecule has 0 bridgehead atoms. The number of rotatable bonds is 6. The lowest BCUT2D eigenvalue weighted by Gasteiger charge is -2.22. The maximum Gasteiger partial charge on any atom is 0.265 e. The summed E-state index contributed by atoms with van der Waals surface area (Å²) in [5.41, 5.74) is 0.642. The lowest BCUT2D eigenvalue weighted by Crippen LogP contribution is -2.34. The molecule has 1 aromatic heterocycles. The van der Waals surface area contributed by atoms with Crippen LogP contribution in [0, 0.1) is 5.82 Å². The van der Waals surface area contributed by atoms with Crippen molar-refractivity contribution in [2.45, 2.75) is 6.54 Å². The van der Waals surface area contributed by atoms with Crippen molar-refractivity contribution in [1.82, 2.24) is 0 Å². The minimum Gasteiger partial charge on any atom is -0.481 e. The fraction of sp³-hybridized carbons (Fsp3) is 0.105. The first-order valence-corrected chi connectivity index (χ1v) is 7.97. The van der Waals surface area contributed by atoms with Crippen molar-refractivity contribution >= 4 is 23.2 Å². The van der Waals surface area contributed by atoms with E-state index in [2.05, 4.69) is 0 Å². The second kappa shape index (κ2) is 7.85. The zero-order valence-electron chi connectivity index (χ0n) is 13.2. The van der Waals surface area contributed by atoms with E-state index < -0.39 is 5.82 Å². The van der Waals surface area contributed by atoms with Crippen LogP contribution in [-0.4, -0.2) is 12.5 Å². The summed E-state index contributed by atoms with van der Waals surface area (Å²) in [6.45, 7) is -0.0711. The second-order valence-corrected chi connectivity index (χ2v) is 5.69. The molecule has 3 rings (SSSR count). The van der Waals surface area contributed by atoms with Crippen LogP contribution in [0.5, 0.6) is 5.75 Å². The first-order chi connectivity index (χ1) is 12.1. The summed E-state index contributed by atoms with van der Waals surface area (Å²) in [6.07, 6.45) is 1.54. The fourth-order valence-electron chi connectivity index (χ4n) is 2.28. The van der Waals surface area contributed by atoms with Gasteiger partial charge in [-0.1, -0.05) is 23.7 Å². The molecule has 0 unspecified atom stereocenters. The molecule has 0 aliphatic carbocycles. The van der Waals surface area contributed by atoms with Gasteiger partial charge in [-0.3, -0.25) is 4.79 Å². The summed E-state index contributed by atoms with van der Waals surface area (Å²) in [7, 11) is 0. The molecule has 0 radical (unpaired) electrons. The molecular weight excluding hydrogens is 345 g/mol. The smallest absolute Gasteiger partial charge is 0.265 e. The summed E-state index contributed by atoms with van der Waals surface area (Å²) < 4.78 is 24.3. The number of anilines is 1. The van der Waals surface area contributed by atoms with Crippen LogP contribution < -0.4 is 9.64 Å². The molecule has 0 spiro atoms. The topological polar surface area (TPSA) is 42.7 Å². The number of nitrogens with zero attached hydrogens (tertiary/aromatic N) is 1. The summed E-state index contributed by atoms with van der Waals surface area (Å²) in [5, 5.41) is 0.566. The molecule has 0 saturated heterocycles. The van der Waals surface area contributed by atoms with E-state index in [1.807, 2.05) is 0 Å². The van der Waals surface area contributed by atoms with E-state index >= 15 is 0 Å². The molecule has 0 N–H and O–H groups in total. The zero-order chi connectivity index (χ0) is 17.6. The average Bonchev–Trinajstić information content (AvgIpc) is 3.13. The fourth-order valence-corrected chi connectivity index (χ4v) is 2.41. The van der Waals surface area contributed by atoms with Crippen LogP contribution in [0.4, 0.5) is 10.1 Å². The Balaban J connectivity index is 1.77. The van der Waals surface area contributed by atoms with E-state index in [0.29, 0.717) is 16.5 Å². The van der Waals surface area contributed by atoms with E-state index in [1.54, 1.807) is 48.5 Å². The monoisotopic (exact) mass is 359 g/mol. The molecule has 0 aliphatic rings. The third-order valence-electron chi connectivity index (χ3n) is 3.52. The van der Waals surface area contributed by atoms with Crippen molar-refractivity contribution in [2.75, 3.05) is 11.5 Å². The summed E-state index contributed by atoms with van der Waals surface area (Å²) >= 11 is 5.91. The van der Waals surface area contributed by atoms with Crippen LogP contribution in [-0.2, 0) is 11.3 Å². The number of ether oxygens (including phenoxy) is 1. The van der Waals surface area contributed by atoms with E-state index in [-0.39, 0.29) is 24.8 Å². The predicted octanol–water partition coefficient (Wildman–Crippen LogP) is 4.68. The van der Waals surface area contributed by atoms with Crippen molar-refractivity contribution in [1.29, 1.82) is 0 Å². The van der Waals surface area contributed by atoms with Gasteiger partial charge in [0.1, 0.15) is 5.76 Å². The molecule has 0 fully saturated rings. The first kappa shape index (κ1) is 17.0. The van der Waals surface area contributed by atoms with Crippen LogP contribution >= 0.6 is 11.6 Å². The number of halogens is 2. The number of amides is 1. The van der Waals surface area contributed by atoms with Gasteiger partial charge in [-0.05, 0) is 48.5 Å². The Bertz CT molecular complexity index is 834. The highest BCUT2D eigenvalue weighted by Crippen LogP contribution is 2.21. The van der Waals surface area contributed by atoms with Crippen molar-refractivity contribution < 1.29 is 18.3 Å². The quantitative estimate of drug-likeness (QED) is 0.641. The van der Waals surface area contributed by atoms with Gasteiger partial charge in [0.25, 0.3) is 5.91 Å². The number of hydrogen-bond acceptors (Lipinski definition) is 3. The largest absolute Gasteiger partial charge is 0.481 e. The Morgan fingerprint density at radius 1 is 1.08 bits per heavy atom. The Morgan fingerprint density at radius 3 is 2.52 bits per heavy atom. The highest BCUT2D eigenvalue weighted by atomic mass is 35.5. The molecule has 2 aromatic carbocycles. The molecule has 0 aliphatic heterocycles. The number of furan rings is 1. The number of benzene rings is 2. The maximum atomic E-state index is 13.6. The number of carbonyl (C=O) groups excluding carboxylic acids is 1. The zero-order valence-corrected chi connectivity index (χ0v) is 13.9.